The molecule has 0 saturated heterocycles. The predicted molar refractivity (Wildman–Crippen MR) is 98.2 cm³/mol. The van der Waals surface area contributed by atoms with E-state index in [1.807, 2.05) is 29.6 Å². The Labute approximate surface area is 148 Å². The lowest BCUT2D eigenvalue weighted by atomic mass is 10.1. The highest BCUT2D eigenvalue weighted by Crippen LogP contribution is 2.31. The van der Waals surface area contributed by atoms with Gasteiger partial charge < -0.3 is 10.1 Å². The molecule has 7 heteroatoms. The molecule has 3 rings (SSSR count). The number of ether oxygens (including phenoxy) is 1. The Kier molecular flexibility index (Phi) is 4.98. The van der Waals surface area contributed by atoms with Crippen LogP contribution in [0.15, 0.2) is 53.9 Å². The van der Waals surface area contributed by atoms with Gasteiger partial charge in [0.05, 0.1) is 12.8 Å². The number of para-hydroxylation sites is 1. The highest BCUT2D eigenvalue weighted by Gasteiger charge is 2.11. The molecular weight excluding hydrogens is 346 g/mol. The lowest BCUT2D eigenvalue weighted by Gasteiger charge is -2.06. The molecule has 3 aromatic rings. The van der Waals surface area contributed by atoms with Crippen LogP contribution in [0, 0.1) is 0 Å². The molecule has 0 fully saturated rings. The zero-order chi connectivity index (χ0) is 16.9. The molecule has 0 aliphatic carbocycles. The maximum atomic E-state index is 12.0. The van der Waals surface area contributed by atoms with Crippen molar-refractivity contribution in [2.75, 3.05) is 17.7 Å². The van der Waals surface area contributed by atoms with Crippen LogP contribution < -0.4 is 15.4 Å². The number of anilines is 2. The van der Waals surface area contributed by atoms with Gasteiger partial charge in [0.15, 0.2) is 5.13 Å². The van der Waals surface area contributed by atoms with E-state index in [0.29, 0.717) is 15.8 Å². The van der Waals surface area contributed by atoms with Crippen LogP contribution in [0.25, 0.3) is 11.3 Å². The molecule has 0 aliphatic rings. The third-order valence-corrected chi connectivity index (χ3v) is 4.18. The molecule has 2 amide bonds. The summed E-state index contributed by atoms with van der Waals surface area (Å²) in [5.74, 6) is 0.734. The number of carbonyl (C=O) groups excluding carboxylic acids is 1. The molecule has 2 N–H and O–H groups in total. The van der Waals surface area contributed by atoms with E-state index in [4.69, 9.17) is 16.3 Å². The number of hydrogen-bond acceptors (Lipinski definition) is 4. The van der Waals surface area contributed by atoms with Crippen LogP contribution in [0.5, 0.6) is 5.75 Å². The van der Waals surface area contributed by atoms with E-state index >= 15 is 0 Å². The average molecular weight is 360 g/mol. The summed E-state index contributed by atoms with van der Waals surface area (Å²) in [4.78, 5) is 16.5. The Balaban J connectivity index is 1.71. The summed E-state index contributed by atoms with van der Waals surface area (Å²) in [7, 11) is 1.61. The zero-order valence-electron chi connectivity index (χ0n) is 12.7. The van der Waals surface area contributed by atoms with E-state index < -0.39 is 0 Å². The van der Waals surface area contributed by atoms with Crippen molar-refractivity contribution < 1.29 is 9.53 Å². The van der Waals surface area contributed by atoms with Gasteiger partial charge >= 0.3 is 6.03 Å². The molecule has 0 spiro atoms. The maximum Gasteiger partial charge on any atom is 0.325 e. The van der Waals surface area contributed by atoms with Crippen molar-refractivity contribution in [1.82, 2.24) is 4.98 Å². The summed E-state index contributed by atoms with van der Waals surface area (Å²) in [6, 6.07) is 14.2. The largest absolute Gasteiger partial charge is 0.496 e. The molecule has 0 unspecified atom stereocenters. The molecule has 0 bridgehead atoms. The van der Waals surface area contributed by atoms with Crippen molar-refractivity contribution in [3.63, 3.8) is 0 Å². The standard InChI is InChI=1S/C17H14ClN3O2S/c1-23-15-8-3-2-7-13(15)14-10-24-17(20-14)21-16(22)19-12-6-4-5-11(18)9-12/h2-10H,1H3,(H2,19,20,21,22). The third kappa shape index (κ3) is 3.84. The molecule has 0 atom stereocenters. The lowest BCUT2D eigenvalue weighted by Crippen LogP contribution is -2.19. The first-order valence-corrected chi connectivity index (χ1v) is 8.34. The van der Waals surface area contributed by atoms with Crippen LogP contribution in [-0.2, 0) is 0 Å². The second-order valence-corrected chi connectivity index (χ2v) is 6.12. The first-order chi connectivity index (χ1) is 11.7. The summed E-state index contributed by atoms with van der Waals surface area (Å²) in [6.45, 7) is 0. The van der Waals surface area contributed by atoms with Crippen LogP contribution in [0.1, 0.15) is 0 Å². The van der Waals surface area contributed by atoms with Crippen LogP contribution in [0.2, 0.25) is 5.02 Å². The number of halogens is 1. The Bertz CT molecular complexity index is 866. The van der Waals surface area contributed by atoms with E-state index in [1.165, 1.54) is 11.3 Å². The summed E-state index contributed by atoms with van der Waals surface area (Å²) in [5.41, 5.74) is 2.23. The van der Waals surface area contributed by atoms with Gasteiger partial charge in [0.2, 0.25) is 0 Å². The van der Waals surface area contributed by atoms with Gasteiger partial charge in [-0.15, -0.1) is 11.3 Å². The van der Waals surface area contributed by atoms with E-state index in [0.717, 1.165) is 17.0 Å². The van der Waals surface area contributed by atoms with Gasteiger partial charge in [0.1, 0.15) is 5.75 Å². The van der Waals surface area contributed by atoms with E-state index in [-0.39, 0.29) is 6.03 Å². The Morgan fingerprint density at radius 3 is 2.79 bits per heavy atom. The SMILES string of the molecule is COc1ccccc1-c1csc(NC(=O)Nc2cccc(Cl)c2)n1. The molecule has 0 aliphatic heterocycles. The van der Waals surface area contributed by atoms with Gasteiger partial charge in [0.25, 0.3) is 0 Å². The van der Waals surface area contributed by atoms with Crippen molar-refractivity contribution in [1.29, 1.82) is 0 Å². The lowest BCUT2D eigenvalue weighted by molar-refractivity contribution is 0.262. The molecule has 0 saturated carbocycles. The normalized spacial score (nSPS) is 10.2. The van der Waals surface area contributed by atoms with Crippen molar-refractivity contribution in [3.8, 4) is 17.0 Å². The van der Waals surface area contributed by atoms with Crippen molar-refractivity contribution in [3.05, 3.63) is 58.9 Å². The second-order valence-electron chi connectivity index (χ2n) is 4.83. The van der Waals surface area contributed by atoms with Crippen LogP contribution in [0.4, 0.5) is 15.6 Å². The summed E-state index contributed by atoms with van der Waals surface area (Å²) in [5, 5.41) is 8.34. The first kappa shape index (κ1) is 16.3. The number of nitrogens with zero attached hydrogens (tertiary/aromatic N) is 1. The minimum atomic E-state index is -0.377. The van der Waals surface area contributed by atoms with Gasteiger partial charge in [-0.2, -0.15) is 0 Å². The fourth-order valence-corrected chi connectivity index (χ4v) is 3.03. The second kappa shape index (κ2) is 7.33. The number of carbonyl (C=O) groups is 1. The minimum Gasteiger partial charge on any atom is -0.496 e. The molecule has 2 aromatic carbocycles. The molecule has 1 heterocycles. The van der Waals surface area contributed by atoms with Gasteiger partial charge in [-0.3, -0.25) is 5.32 Å². The average Bonchev–Trinajstić information content (AvgIpc) is 3.03. The Hall–Kier alpha value is -2.57. The molecule has 0 radical (unpaired) electrons. The van der Waals surface area contributed by atoms with E-state index in [2.05, 4.69) is 15.6 Å². The fraction of sp³-hybridized carbons (Fsp3) is 0.0588. The highest BCUT2D eigenvalue weighted by atomic mass is 35.5. The van der Waals surface area contributed by atoms with Crippen LogP contribution >= 0.6 is 22.9 Å². The van der Waals surface area contributed by atoms with Gasteiger partial charge in [-0.25, -0.2) is 9.78 Å². The van der Waals surface area contributed by atoms with E-state index in [1.54, 1.807) is 31.4 Å². The van der Waals surface area contributed by atoms with Gasteiger partial charge in [0, 0.05) is 21.7 Å². The number of rotatable bonds is 4. The monoisotopic (exact) mass is 359 g/mol. The fourth-order valence-electron chi connectivity index (χ4n) is 2.14. The number of benzene rings is 2. The third-order valence-electron chi connectivity index (χ3n) is 3.19. The van der Waals surface area contributed by atoms with Crippen molar-refractivity contribution in [2.45, 2.75) is 0 Å². The maximum absolute atomic E-state index is 12.0. The van der Waals surface area contributed by atoms with Crippen LogP contribution in [-0.4, -0.2) is 18.1 Å². The number of methoxy groups -OCH3 is 1. The Morgan fingerprint density at radius 2 is 2.00 bits per heavy atom. The highest BCUT2D eigenvalue weighted by molar-refractivity contribution is 7.14. The molecule has 1 aromatic heterocycles. The smallest absolute Gasteiger partial charge is 0.325 e. The molecule has 5 nitrogen and oxygen atoms in total. The van der Waals surface area contributed by atoms with Crippen molar-refractivity contribution in [2.24, 2.45) is 0 Å². The topological polar surface area (TPSA) is 63.2 Å². The van der Waals surface area contributed by atoms with E-state index in [9.17, 15) is 4.79 Å². The first-order valence-electron chi connectivity index (χ1n) is 7.08. The number of urea groups is 1. The molecule has 24 heavy (non-hydrogen) atoms. The number of thiazole rings is 1. The number of aromatic nitrogens is 1. The minimum absolute atomic E-state index is 0.377. The Morgan fingerprint density at radius 1 is 1.17 bits per heavy atom. The number of amides is 2. The van der Waals surface area contributed by atoms with Gasteiger partial charge in [-0.05, 0) is 30.3 Å². The summed E-state index contributed by atoms with van der Waals surface area (Å²) >= 11 is 7.24. The van der Waals surface area contributed by atoms with Crippen LogP contribution in [0.3, 0.4) is 0 Å². The number of hydrogen-bond donors (Lipinski definition) is 2. The van der Waals surface area contributed by atoms with Crippen molar-refractivity contribution >= 4 is 39.8 Å². The quantitative estimate of drug-likeness (QED) is 0.679. The predicted octanol–water partition coefficient (Wildman–Crippen LogP) is 5.12. The zero-order valence-corrected chi connectivity index (χ0v) is 14.3. The molecule has 122 valence electrons. The number of nitrogens with one attached hydrogen (secondary N) is 2. The summed E-state index contributed by atoms with van der Waals surface area (Å²) in [6.07, 6.45) is 0. The molecular formula is C17H14ClN3O2S. The van der Waals surface area contributed by atoms with Gasteiger partial charge in [-0.1, -0.05) is 29.8 Å². The summed E-state index contributed by atoms with van der Waals surface area (Å²) < 4.78 is 5.33.